The SMILES string of the molecule is C#CCN(CCO)CCOCCOCCOCCNC(=O)CC[C@H](NC(=O)OCC1c2ccccc2-c2ccccc21)C(=O)OC(C)(C)C. The van der Waals surface area contributed by atoms with Crippen molar-refractivity contribution in [2.45, 2.75) is 51.2 Å². The third-order valence-corrected chi connectivity index (χ3v) is 7.58. The van der Waals surface area contributed by atoms with Crippen LogP contribution in [0.15, 0.2) is 48.5 Å². The zero-order valence-corrected chi connectivity index (χ0v) is 28.9. The van der Waals surface area contributed by atoms with Crippen molar-refractivity contribution in [1.82, 2.24) is 15.5 Å². The lowest BCUT2D eigenvalue weighted by Crippen LogP contribution is -2.45. The van der Waals surface area contributed by atoms with Crippen LogP contribution < -0.4 is 10.6 Å². The summed E-state index contributed by atoms with van der Waals surface area (Å²) in [6.45, 7) is 9.59. The molecule has 0 heterocycles. The zero-order valence-electron chi connectivity index (χ0n) is 28.9. The van der Waals surface area contributed by atoms with Crippen molar-refractivity contribution in [2.24, 2.45) is 0 Å². The van der Waals surface area contributed by atoms with Gasteiger partial charge in [-0.05, 0) is 49.4 Å². The number of fused-ring (bicyclic) bond motifs is 3. The van der Waals surface area contributed by atoms with Crippen molar-refractivity contribution in [3.8, 4) is 23.5 Å². The van der Waals surface area contributed by atoms with E-state index in [1.165, 1.54) is 0 Å². The second kappa shape index (κ2) is 21.2. The fraction of sp³-hybridized carbons (Fsp3) is 0.541. The summed E-state index contributed by atoms with van der Waals surface area (Å²) in [7, 11) is 0. The smallest absolute Gasteiger partial charge is 0.407 e. The first-order chi connectivity index (χ1) is 23.6. The number of carbonyl (C=O) groups is 3. The van der Waals surface area contributed by atoms with E-state index in [4.69, 9.17) is 35.2 Å². The molecule has 0 bridgehead atoms. The van der Waals surface area contributed by atoms with E-state index in [0.717, 1.165) is 22.3 Å². The van der Waals surface area contributed by atoms with Gasteiger partial charge in [0.05, 0.1) is 52.8 Å². The molecule has 12 heteroatoms. The van der Waals surface area contributed by atoms with Gasteiger partial charge in [0.1, 0.15) is 18.2 Å². The molecule has 2 amide bonds. The molecule has 2 aromatic carbocycles. The number of hydrogen-bond acceptors (Lipinski definition) is 10. The van der Waals surface area contributed by atoms with Gasteiger partial charge in [0.25, 0.3) is 0 Å². The van der Waals surface area contributed by atoms with Crippen LogP contribution in [0.2, 0.25) is 0 Å². The number of nitrogens with one attached hydrogen (secondary N) is 2. The fourth-order valence-corrected chi connectivity index (χ4v) is 5.31. The minimum absolute atomic E-state index is 0.0167. The molecule has 3 rings (SSSR count). The van der Waals surface area contributed by atoms with Crippen molar-refractivity contribution in [2.75, 3.05) is 79.0 Å². The topological polar surface area (TPSA) is 145 Å². The molecule has 0 spiro atoms. The number of esters is 1. The van der Waals surface area contributed by atoms with E-state index in [1.807, 2.05) is 41.3 Å². The summed E-state index contributed by atoms with van der Waals surface area (Å²) in [5.41, 5.74) is 3.60. The largest absolute Gasteiger partial charge is 0.458 e. The van der Waals surface area contributed by atoms with E-state index in [2.05, 4.69) is 28.7 Å². The van der Waals surface area contributed by atoms with Crippen LogP contribution in [0.25, 0.3) is 11.1 Å². The maximum absolute atomic E-state index is 12.9. The second-order valence-electron chi connectivity index (χ2n) is 12.5. The highest BCUT2D eigenvalue weighted by Gasteiger charge is 2.31. The number of rotatable bonds is 22. The number of benzene rings is 2. The van der Waals surface area contributed by atoms with Gasteiger partial charge in [-0.1, -0.05) is 54.5 Å². The summed E-state index contributed by atoms with van der Waals surface area (Å²) in [4.78, 5) is 40.3. The molecule has 0 aliphatic heterocycles. The first-order valence-electron chi connectivity index (χ1n) is 16.7. The Morgan fingerprint density at radius 3 is 2.08 bits per heavy atom. The Morgan fingerprint density at radius 1 is 0.898 bits per heavy atom. The second-order valence-corrected chi connectivity index (χ2v) is 12.5. The Balaban J connectivity index is 1.33. The Hall–Kier alpha value is -3.99. The van der Waals surface area contributed by atoms with Crippen LogP contribution in [-0.4, -0.2) is 119 Å². The standard InChI is InChI=1S/C37H51N3O9/c1-5-17-40(18-20-41)19-22-46-24-26-47-25-23-45-21-16-38-34(42)15-14-33(35(43)49-37(2,3)4)39-36(44)48-27-32-30-12-8-6-10-28(30)29-11-7-9-13-31(29)32/h1,6-13,32-33,41H,14-27H2,2-4H3,(H,38,42)(H,39,44)/t33-/m0/s1. The summed E-state index contributed by atoms with van der Waals surface area (Å²) in [6.07, 6.45) is 4.57. The molecule has 1 atom stereocenters. The lowest BCUT2D eigenvalue weighted by Gasteiger charge is -2.24. The monoisotopic (exact) mass is 681 g/mol. The predicted molar refractivity (Wildman–Crippen MR) is 185 cm³/mol. The number of hydrogen-bond donors (Lipinski definition) is 3. The van der Waals surface area contributed by atoms with Crippen LogP contribution in [0.1, 0.15) is 50.7 Å². The van der Waals surface area contributed by atoms with Gasteiger partial charge in [-0.3, -0.25) is 9.69 Å². The Morgan fingerprint density at radius 2 is 1.49 bits per heavy atom. The molecule has 0 fully saturated rings. The van der Waals surface area contributed by atoms with Gasteiger partial charge in [-0.25, -0.2) is 9.59 Å². The third-order valence-electron chi connectivity index (χ3n) is 7.58. The number of nitrogens with zero attached hydrogens (tertiary/aromatic N) is 1. The zero-order chi connectivity index (χ0) is 35.5. The number of amides is 2. The third kappa shape index (κ3) is 14.2. The van der Waals surface area contributed by atoms with E-state index >= 15 is 0 Å². The maximum atomic E-state index is 12.9. The predicted octanol–water partition coefficient (Wildman–Crippen LogP) is 3.11. The van der Waals surface area contributed by atoms with E-state index in [1.54, 1.807) is 20.8 Å². The van der Waals surface area contributed by atoms with E-state index in [0.29, 0.717) is 52.7 Å². The number of carbonyl (C=O) groups excluding carboxylic acids is 3. The molecule has 3 N–H and O–H groups in total. The molecule has 12 nitrogen and oxygen atoms in total. The van der Waals surface area contributed by atoms with Crippen molar-refractivity contribution < 1.29 is 43.2 Å². The minimum Gasteiger partial charge on any atom is -0.458 e. The number of ether oxygens (including phenoxy) is 5. The molecule has 0 radical (unpaired) electrons. The van der Waals surface area contributed by atoms with Gasteiger partial charge in [0.2, 0.25) is 5.91 Å². The number of alkyl carbamates (subject to hydrolysis) is 1. The van der Waals surface area contributed by atoms with E-state index in [-0.39, 0.29) is 51.0 Å². The molecular formula is C37H51N3O9. The summed E-state index contributed by atoms with van der Waals surface area (Å²) >= 11 is 0. The Labute approximate surface area is 289 Å². The molecule has 49 heavy (non-hydrogen) atoms. The lowest BCUT2D eigenvalue weighted by atomic mass is 9.98. The number of terminal acetylenes is 1. The summed E-state index contributed by atoms with van der Waals surface area (Å²) < 4.78 is 27.6. The fourth-order valence-electron chi connectivity index (χ4n) is 5.31. The van der Waals surface area contributed by atoms with Gasteiger partial charge in [-0.15, -0.1) is 6.42 Å². The van der Waals surface area contributed by atoms with Crippen LogP contribution in [0.4, 0.5) is 4.79 Å². The molecule has 0 aromatic heterocycles. The average molecular weight is 682 g/mol. The maximum Gasteiger partial charge on any atom is 0.407 e. The quantitative estimate of drug-likeness (QED) is 0.0964. The average Bonchev–Trinajstić information content (AvgIpc) is 3.39. The normalized spacial score (nSPS) is 12.9. The highest BCUT2D eigenvalue weighted by molar-refractivity contribution is 5.83. The minimum atomic E-state index is -1.07. The molecule has 1 aliphatic rings. The van der Waals surface area contributed by atoms with Crippen LogP contribution in [0.3, 0.4) is 0 Å². The molecular weight excluding hydrogens is 630 g/mol. The highest BCUT2D eigenvalue weighted by atomic mass is 16.6. The van der Waals surface area contributed by atoms with Gasteiger partial charge < -0.3 is 39.4 Å². The molecule has 0 unspecified atom stereocenters. The van der Waals surface area contributed by atoms with Gasteiger partial charge in [0.15, 0.2) is 0 Å². The summed E-state index contributed by atoms with van der Waals surface area (Å²) in [5.74, 6) is 1.49. The number of aliphatic hydroxyl groups is 1. The Kier molecular flexibility index (Phi) is 17.0. The Bertz CT molecular complexity index is 1330. The first kappa shape index (κ1) is 39.4. The van der Waals surface area contributed by atoms with E-state index < -0.39 is 23.7 Å². The van der Waals surface area contributed by atoms with Crippen molar-refractivity contribution in [3.63, 3.8) is 0 Å². The van der Waals surface area contributed by atoms with Gasteiger partial charge >= 0.3 is 12.1 Å². The van der Waals surface area contributed by atoms with Crippen molar-refractivity contribution in [3.05, 3.63) is 59.7 Å². The molecule has 0 saturated heterocycles. The van der Waals surface area contributed by atoms with Gasteiger partial charge in [0, 0.05) is 32.0 Å². The van der Waals surface area contributed by atoms with Crippen LogP contribution in [0, 0.1) is 12.3 Å². The lowest BCUT2D eigenvalue weighted by molar-refractivity contribution is -0.157. The van der Waals surface area contributed by atoms with Crippen LogP contribution in [-0.2, 0) is 33.3 Å². The van der Waals surface area contributed by atoms with Crippen LogP contribution >= 0.6 is 0 Å². The molecule has 1 aliphatic carbocycles. The molecule has 268 valence electrons. The molecule has 0 saturated carbocycles. The van der Waals surface area contributed by atoms with E-state index in [9.17, 15) is 14.4 Å². The first-order valence-corrected chi connectivity index (χ1v) is 16.7. The van der Waals surface area contributed by atoms with Crippen molar-refractivity contribution >= 4 is 18.0 Å². The summed E-state index contributed by atoms with van der Waals surface area (Å²) in [5, 5.41) is 14.4. The van der Waals surface area contributed by atoms with Crippen LogP contribution in [0.5, 0.6) is 0 Å². The summed E-state index contributed by atoms with van der Waals surface area (Å²) in [6, 6.07) is 15.0. The van der Waals surface area contributed by atoms with Gasteiger partial charge in [-0.2, -0.15) is 0 Å². The number of aliphatic hydroxyl groups excluding tert-OH is 1. The molecule has 2 aromatic rings. The van der Waals surface area contributed by atoms with Crippen molar-refractivity contribution in [1.29, 1.82) is 0 Å². The highest BCUT2D eigenvalue weighted by Crippen LogP contribution is 2.44.